The van der Waals surface area contributed by atoms with Gasteiger partial charge in [-0.25, -0.2) is 13.8 Å². The van der Waals surface area contributed by atoms with Crippen LogP contribution in [0.25, 0.3) is 0 Å². The van der Waals surface area contributed by atoms with Gasteiger partial charge in [0.05, 0.1) is 30.3 Å². The van der Waals surface area contributed by atoms with Gasteiger partial charge in [0.2, 0.25) is 10.0 Å². The van der Waals surface area contributed by atoms with Crippen molar-refractivity contribution in [2.75, 3.05) is 10.6 Å². The number of aromatic hydroxyl groups is 1. The normalized spacial score (nSPS) is 11.4. The first kappa shape index (κ1) is 21.1. The predicted molar refractivity (Wildman–Crippen MR) is 117 cm³/mol. The second kappa shape index (κ2) is 9.23. The van der Waals surface area contributed by atoms with Crippen LogP contribution in [0, 0.1) is 0 Å². The van der Waals surface area contributed by atoms with Crippen molar-refractivity contribution in [1.29, 1.82) is 0 Å². The molecule has 0 atom stereocenters. The molecule has 0 saturated carbocycles. The maximum absolute atomic E-state index is 12.7. The number of hydrogen-bond donors (Lipinski definition) is 2. The van der Waals surface area contributed by atoms with Gasteiger partial charge in [0.1, 0.15) is 5.75 Å². The van der Waals surface area contributed by atoms with E-state index in [-0.39, 0.29) is 23.5 Å². The Bertz CT molecular complexity index is 1160. The molecule has 0 aliphatic heterocycles. The van der Waals surface area contributed by atoms with Gasteiger partial charge >= 0.3 is 0 Å². The lowest BCUT2D eigenvalue weighted by molar-refractivity contribution is 0.0955. The Labute approximate surface area is 175 Å². The highest BCUT2D eigenvalue weighted by molar-refractivity contribution is 7.92. The largest absolute Gasteiger partial charge is 0.507 e. The molecule has 1 amide bonds. The lowest BCUT2D eigenvalue weighted by atomic mass is 10.1. The zero-order valence-electron chi connectivity index (χ0n) is 16.3. The van der Waals surface area contributed by atoms with Gasteiger partial charge in [-0.1, -0.05) is 54.6 Å². The molecule has 3 aromatic carbocycles. The SMILES string of the molecule is CS(=O)(=O)N(Cc1ccccc1)c1ccccc1C(=O)N/N=C\c1ccccc1O. The van der Waals surface area contributed by atoms with Crippen LogP contribution in [0.15, 0.2) is 84.0 Å². The van der Waals surface area contributed by atoms with Gasteiger partial charge in [-0.05, 0) is 29.8 Å². The van der Waals surface area contributed by atoms with E-state index in [1.807, 2.05) is 30.3 Å². The maximum Gasteiger partial charge on any atom is 0.273 e. The summed E-state index contributed by atoms with van der Waals surface area (Å²) in [5.41, 5.74) is 4.02. The number of para-hydroxylation sites is 2. The number of hydrogen-bond acceptors (Lipinski definition) is 5. The van der Waals surface area contributed by atoms with E-state index in [1.165, 1.54) is 22.7 Å². The number of phenols is 1. The van der Waals surface area contributed by atoms with Crippen LogP contribution in [-0.2, 0) is 16.6 Å². The minimum atomic E-state index is -3.66. The van der Waals surface area contributed by atoms with Gasteiger partial charge in [-0.15, -0.1) is 0 Å². The molecule has 0 heterocycles. The minimum Gasteiger partial charge on any atom is -0.507 e. The number of amides is 1. The van der Waals surface area contributed by atoms with Gasteiger partial charge in [0.25, 0.3) is 5.91 Å². The number of rotatable bonds is 7. The fourth-order valence-electron chi connectivity index (χ4n) is 2.83. The van der Waals surface area contributed by atoms with E-state index in [9.17, 15) is 18.3 Å². The van der Waals surface area contributed by atoms with E-state index < -0.39 is 15.9 Å². The topological polar surface area (TPSA) is 99.1 Å². The smallest absolute Gasteiger partial charge is 0.273 e. The van der Waals surface area contributed by atoms with Gasteiger partial charge in [-0.3, -0.25) is 9.10 Å². The molecule has 0 spiro atoms. The lowest BCUT2D eigenvalue weighted by Crippen LogP contribution is -2.32. The summed E-state index contributed by atoms with van der Waals surface area (Å²) in [6.07, 6.45) is 2.41. The van der Waals surface area contributed by atoms with Crippen LogP contribution in [0.3, 0.4) is 0 Å². The van der Waals surface area contributed by atoms with Crippen LogP contribution in [-0.4, -0.2) is 31.9 Å². The number of sulfonamides is 1. The summed E-state index contributed by atoms with van der Waals surface area (Å²) in [7, 11) is -3.66. The standard InChI is InChI=1S/C22H21N3O4S/c1-30(28,29)25(16-17-9-3-2-4-10-17)20-13-7-6-12-19(20)22(27)24-23-15-18-11-5-8-14-21(18)26/h2-15,26H,16H2,1H3,(H,24,27)/b23-15-. The molecule has 0 aliphatic carbocycles. The van der Waals surface area contributed by atoms with Crippen LogP contribution in [0.2, 0.25) is 0 Å². The zero-order chi connectivity index (χ0) is 21.6. The quantitative estimate of drug-likeness (QED) is 0.451. The summed E-state index contributed by atoms with van der Waals surface area (Å²) in [6.45, 7) is 0.0884. The number of phenolic OH excluding ortho intramolecular Hbond substituents is 1. The fraction of sp³-hybridized carbons (Fsp3) is 0.0909. The van der Waals surface area contributed by atoms with Crippen LogP contribution in [0.1, 0.15) is 21.5 Å². The van der Waals surface area contributed by atoms with Crippen molar-refractivity contribution in [3.63, 3.8) is 0 Å². The monoisotopic (exact) mass is 423 g/mol. The summed E-state index contributed by atoms with van der Waals surface area (Å²) < 4.78 is 26.2. The van der Waals surface area contributed by atoms with Crippen LogP contribution in [0.5, 0.6) is 5.75 Å². The lowest BCUT2D eigenvalue weighted by Gasteiger charge is -2.24. The van der Waals surface area contributed by atoms with Crippen molar-refractivity contribution < 1.29 is 18.3 Å². The highest BCUT2D eigenvalue weighted by atomic mass is 32.2. The number of carbonyl (C=O) groups is 1. The third-order valence-electron chi connectivity index (χ3n) is 4.29. The average Bonchev–Trinajstić information content (AvgIpc) is 2.73. The van der Waals surface area contributed by atoms with E-state index in [4.69, 9.17) is 0 Å². The predicted octanol–water partition coefficient (Wildman–Crippen LogP) is 3.12. The summed E-state index contributed by atoms with van der Waals surface area (Å²) in [4.78, 5) is 12.7. The fourth-order valence-corrected chi connectivity index (χ4v) is 3.73. The Hall–Kier alpha value is -3.65. The Morgan fingerprint density at radius 2 is 1.63 bits per heavy atom. The van der Waals surface area contributed by atoms with E-state index in [2.05, 4.69) is 10.5 Å². The summed E-state index contributed by atoms with van der Waals surface area (Å²) in [5, 5.41) is 13.6. The molecular weight excluding hydrogens is 402 g/mol. The molecule has 7 nitrogen and oxygen atoms in total. The van der Waals surface area contributed by atoms with E-state index in [1.54, 1.807) is 36.4 Å². The first-order valence-corrected chi connectivity index (χ1v) is 10.9. The van der Waals surface area contributed by atoms with Crippen molar-refractivity contribution in [3.8, 4) is 5.75 Å². The third kappa shape index (κ3) is 5.24. The molecule has 154 valence electrons. The van der Waals surface area contributed by atoms with Gasteiger partial charge in [0.15, 0.2) is 0 Å². The number of nitrogens with one attached hydrogen (secondary N) is 1. The highest BCUT2D eigenvalue weighted by Crippen LogP contribution is 2.25. The van der Waals surface area contributed by atoms with Crippen LogP contribution >= 0.6 is 0 Å². The van der Waals surface area contributed by atoms with Crippen LogP contribution in [0.4, 0.5) is 5.69 Å². The number of nitrogens with zero attached hydrogens (tertiary/aromatic N) is 2. The first-order chi connectivity index (χ1) is 14.4. The average molecular weight is 423 g/mol. The number of benzene rings is 3. The van der Waals surface area contributed by atoms with E-state index in [0.29, 0.717) is 5.56 Å². The van der Waals surface area contributed by atoms with Crippen molar-refractivity contribution in [2.45, 2.75) is 6.54 Å². The van der Waals surface area contributed by atoms with E-state index in [0.717, 1.165) is 11.8 Å². The molecule has 2 N–H and O–H groups in total. The van der Waals surface area contributed by atoms with Crippen molar-refractivity contribution in [3.05, 3.63) is 95.6 Å². The van der Waals surface area contributed by atoms with Gasteiger partial charge in [0, 0.05) is 5.56 Å². The zero-order valence-corrected chi connectivity index (χ0v) is 17.1. The molecule has 0 fully saturated rings. The molecule has 3 aromatic rings. The molecule has 0 saturated heterocycles. The molecule has 0 aliphatic rings. The summed E-state index contributed by atoms with van der Waals surface area (Å²) in [6, 6.07) is 22.1. The second-order valence-corrected chi connectivity index (χ2v) is 8.44. The van der Waals surface area contributed by atoms with Crippen molar-refractivity contribution in [1.82, 2.24) is 5.43 Å². The highest BCUT2D eigenvalue weighted by Gasteiger charge is 2.23. The molecule has 3 rings (SSSR count). The van der Waals surface area contributed by atoms with Gasteiger partial charge < -0.3 is 5.11 Å². The molecule has 0 aromatic heterocycles. The number of carbonyl (C=O) groups excluding carboxylic acids is 1. The molecule has 0 unspecified atom stereocenters. The Balaban J connectivity index is 1.87. The van der Waals surface area contributed by atoms with Crippen molar-refractivity contribution >= 4 is 27.8 Å². The Morgan fingerprint density at radius 3 is 2.33 bits per heavy atom. The van der Waals surface area contributed by atoms with Gasteiger partial charge in [-0.2, -0.15) is 5.10 Å². The second-order valence-electron chi connectivity index (χ2n) is 6.53. The Kier molecular flexibility index (Phi) is 6.48. The first-order valence-electron chi connectivity index (χ1n) is 9.08. The number of hydrazone groups is 1. The number of anilines is 1. The molecule has 0 bridgehead atoms. The molecule has 30 heavy (non-hydrogen) atoms. The van der Waals surface area contributed by atoms with Crippen LogP contribution < -0.4 is 9.73 Å². The maximum atomic E-state index is 12.7. The summed E-state index contributed by atoms with van der Waals surface area (Å²) >= 11 is 0. The third-order valence-corrected chi connectivity index (χ3v) is 5.42. The molecule has 0 radical (unpaired) electrons. The molecular formula is C22H21N3O4S. The minimum absolute atomic E-state index is 0.0296. The molecule has 8 heteroatoms. The van der Waals surface area contributed by atoms with Crippen molar-refractivity contribution in [2.24, 2.45) is 5.10 Å². The summed E-state index contributed by atoms with van der Waals surface area (Å²) in [5.74, 6) is -0.541. The van der Waals surface area contributed by atoms with E-state index >= 15 is 0 Å². The Morgan fingerprint density at radius 1 is 1.00 bits per heavy atom.